The molecule has 4 aromatic carbocycles. The van der Waals surface area contributed by atoms with E-state index in [4.69, 9.17) is 0 Å². The average Bonchev–Trinajstić information content (AvgIpc) is 3.13. The number of rotatable bonds is 13. The van der Waals surface area contributed by atoms with Gasteiger partial charge in [-0.05, 0) is 47.5 Å². The van der Waals surface area contributed by atoms with Gasteiger partial charge in [0, 0.05) is 76.0 Å². The van der Waals surface area contributed by atoms with Crippen molar-refractivity contribution in [1.82, 2.24) is 19.6 Å². The molecule has 10 nitrogen and oxygen atoms in total. The van der Waals surface area contributed by atoms with Crippen LogP contribution in [0.5, 0.6) is 0 Å². The normalized spacial score (nSPS) is 15.8. The Bertz CT molecular complexity index is 1570. The second kappa shape index (κ2) is 20.4. The number of hydrogen-bond donors (Lipinski definition) is 3. The van der Waals surface area contributed by atoms with Gasteiger partial charge in [-0.2, -0.15) is 0 Å². The number of carboxylic acids is 3. The van der Waals surface area contributed by atoms with E-state index in [1.165, 1.54) is 21.5 Å². The Balaban J connectivity index is 0.00000605. The number of nitrogens with zero attached hydrogens (tertiary/aromatic N) is 4. The van der Waals surface area contributed by atoms with Crippen LogP contribution < -0.4 is 15.9 Å². The predicted octanol–water partition coefficient (Wildman–Crippen LogP) is 3.15. The molecule has 0 spiro atoms. The zero-order chi connectivity index (χ0) is 36.1. The van der Waals surface area contributed by atoms with Crippen LogP contribution in [-0.2, 0) is 44.2 Å². The van der Waals surface area contributed by atoms with Gasteiger partial charge < -0.3 is 15.3 Å². The summed E-state index contributed by atoms with van der Waals surface area (Å²) in [5.41, 5.74) is 2.36. The van der Waals surface area contributed by atoms with Gasteiger partial charge in [0.15, 0.2) is 0 Å². The molecule has 52 heavy (non-hydrogen) atoms. The maximum atomic E-state index is 11.7. The van der Waals surface area contributed by atoms with Crippen molar-refractivity contribution in [2.24, 2.45) is 0 Å². The summed E-state index contributed by atoms with van der Waals surface area (Å²) in [5.74, 6) is -2.83. The molecule has 1 aliphatic rings. The van der Waals surface area contributed by atoms with Crippen LogP contribution in [0.25, 0.3) is 0 Å². The van der Waals surface area contributed by atoms with Gasteiger partial charge in [0.1, 0.15) is 23.2 Å². The topological polar surface area (TPSA) is 125 Å². The predicted molar refractivity (Wildman–Crippen MR) is 203 cm³/mol. The van der Waals surface area contributed by atoms with Crippen LogP contribution >= 0.6 is 7.26 Å². The Kier molecular flexibility index (Phi) is 16.0. The van der Waals surface area contributed by atoms with Gasteiger partial charge in [0.2, 0.25) is 0 Å². The van der Waals surface area contributed by atoms with Crippen LogP contribution in [-0.4, -0.2) is 125 Å². The molecule has 5 rings (SSSR count). The van der Waals surface area contributed by atoms with Crippen LogP contribution in [0.15, 0.2) is 115 Å². The van der Waals surface area contributed by atoms with Crippen LogP contribution in [0.3, 0.4) is 0 Å². The summed E-state index contributed by atoms with van der Waals surface area (Å²) in [6.45, 7) is 3.87. The van der Waals surface area contributed by atoms with Crippen LogP contribution in [0, 0.1) is 0 Å². The van der Waals surface area contributed by atoms with E-state index in [0.29, 0.717) is 58.9 Å². The third kappa shape index (κ3) is 11.8. The second-order valence-corrected chi connectivity index (χ2v) is 16.6. The molecule has 279 valence electrons. The summed E-state index contributed by atoms with van der Waals surface area (Å²) in [4.78, 5) is 42.6. The maximum absolute atomic E-state index is 11.7. The average molecular weight is 776 g/mol. The van der Waals surface area contributed by atoms with Crippen LogP contribution in [0.2, 0.25) is 0 Å². The molecule has 0 atom stereocenters. The molecule has 0 aliphatic carbocycles. The largest absolute Gasteiger partial charge is 0.480 e. The zero-order valence-electron chi connectivity index (χ0n) is 29.3. The van der Waals surface area contributed by atoms with Crippen LogP contribution in [0.4, 0.5) is 0 Å². The van der Waals surface area contributed by atoms with E-state index in [1.54, 1.807) is 4.90 Å². The van der Waals surface area contributed by atoms with Crippen molar-refractivity contribution in [3.8, 4) is 0 Å². The third-order valence-electron chi connectivity index (χ3n) is 9.45. The molecule has 1 saturated heterocycles. The summed E-state index contributed by atoms with van der Waals surface area (Å²) in [7, 11) is -2.06. The smallest absolute Gasteiger partial charge is 0.317 e. The van der Waals surface area contributed by atoms with Gasteiger partial charge in [0.05, 0.1) is 25.8 Å². The third-order valence-corrected chi connectivity index (χ3v) is 13.8. The Hall–Kier alpha value is -3.92. The Morgan fingerprint density at radius 3 is 1.04 bits per heavy atom. The summed E-state index contributed by atoms with van der Waals surface area (Å²) in [5, 5.41) is 32.6. The van der Waals surface area contributed by atoms with Crippen molar-refractivity contribution < 1.29 is 46.8 Å². The number of aliphatic carboxylic acids is 3. The van der Waals surface area contributed by atoms with Crippen molar-refractivity contribution >= 4 is 41.1 Å². The molecule has 3 N–H and O–H groups in total. The summed E-state index contributed by atoms with van der Waals surface area (Å²) >= 11 is 0. The fourth-order valence-electron chi connectivity index (χ4n) is 6.84. The molecule has 1 radical (unpaired) electrons. The molecule has 1 heterocycles. The second-order valence-electron chi connectivity index (χ2n) is 13.1. The summed E-state index contributed by atoms with van der Waals surface area (Å²) < 4.78 is 0. The summed E-state index contributed by atoms with van der Waals surface area (Å²) in [6.07, 6.45) is 0.863. The van der Waals surface area contributed by atoms with Crippen molar-refractivity contribution in [2.75, 3.05) is 72.0 Å². The molecule has 1 fully saturated rings. The monoisotopic (exact) mass is 775 g/mol. The Labute approximate surface area is 317 Å². The molecular formula is C40H48CuN4O6P+. The standard InChI is InChI=1S/C40H47N4O6P.Cu/c45-38(46)29-42-22-20-41(21-23-43(30-39(47)48)25-27-44(26-24-42)31-40(49)50)28-33-16-18-34(19-17-33)32-51(35-10-4-1-5-11-35,36-12-6-2-7-13-36)37-14-8-3-9-15-37;/h1-19H,20-32H2,(H2-,45,46,47,48,49,50);/p+1/i;1+0. The Morgan fingerprint density at radius 1 is 0.442 bits per heavy atom. The molecule has 12 heteroatoms. The summed E-state index contributed by atoms with van der Waals surface area (Å²) in [6, 6.07) is 41.3. The first-order valence-electron chi connectivity index (χ1n) is 17.4. The molecule has 0 bridgehead atoms. The van der Waals surface area contributed by atoms with E-state index >= 15 is 0 Å². The number of benzene rings is 4. The SMILES string of the molecule is O=C(O)CN1CCN(CC(=O)O)CCN(Cc2ccc(C[P+](c3ccccc3)(c3ccccc3)c3ccccc3)cc2)CCN(CC(=O)O)CC1.[64Cu]. The molecule has 4 aromatic rings. The first-order chi connectivity index (χ1) is 24.7. The zero-order valence-corrected chi connectivity index (χ0v) is 31.1. The van der Waals surface area contributed by atoms with E-state index in [9.17, 15) is 29.7 Å². The van der Waals surface area contributed by atoms with E-state index < -0.39 is 25.2 Å². The minimum Gasteiger partial charge on any atom is -0.480 e. The quantitative estimate of drug-likeness (QED) is 0.138. The first kappa shape index (κ1) is 40.8. The molecular weight excluding hydrogens is 727 g/mol. The van der Waals surface area contributed by atoms with Gasteiger partial charge in [-0.3, -0.25) is 34.0 Å². The molecule has 0 saturated carbocycles. The number of hydrogen-bond acceptors (Lipinski definition) is 7. The molecule has 0 amide bonds. The fraction of sp³-hybridized carbons (Fsp3) is 0.325. The maximum Gasteiger partial charge on any atom is 0.317 e. The van der Waals surface area contributed by atoms with Gasteiger partial charge >= 0.3 is 17.9 Å². The molecule has 1 aliphatic heterocycles. The van der Waals surface area contributed by atoms with Crippen molar-refractivity contribution in [1.29, 1.82) is 0 Å². The van der Waals surface area contributed by atoms with E-state index in [0.717, 1.165) is 11.7 Å². The first-order valence-corrected chi connectivity index (χ1v) is 19.4. The number of carboxylic acid groups (broad SMARTS) is 3. The fourth-order valence-corrected chi connectivity index (χ4v) is 11.1. The van der Waals surface area contributed by atoms with Gasteiger partial charge in [-0.25, -0.2) is 0 Å². The minimum absolute atomic E-state index is 0. The van der Waals surface area contributed by atoms with Gasteiger partial charge in [-0.15, -0.1) is 0 Å². The van der Waals surface area contributed by atoms with E-state index in [2.05, 4.69) is 120 Å². The van der Waals surface area contributed by atoms with E-state index in [1.807, 2.05) is 9.80 Å². The van der Waals surface area contributed by atoms with Gasteiger partial charge in [0.25, 0.3) is 0 Å². The Morgan fingerprint density at radius 2 is 0.731 bits per heavy atom. The molecule has 0 unspecified atom stereocenters. The minimum atomic E-state index is -2.06. The van der Waals surface area contributed by atoms with Crippen molar-refractivity contribution in [3.05, 3.63) is 126 Å². The number of carbonyl (C=O) groups is 3. The van der Waals surface area contributed by atoms with Crippen LogP contribution in [0.1, 0.15) is 11.1 Å². The van der Waals surface area contributed by atoms with Gasteiger partial charge in [-0.1, -0.05) is 78.9 Å². The van der Waals surface area contributed by atoms with Crippen molar-refractivity contribution in [2.45, 2.75) is 12.7 Å². The van der Waals surface area contributed by atoms with E-state index in [-0.39, 0.29) is 36.7 Å². The van der Waals surface area contributed by atoms with Crippen molar-refractivity contribution in [3.63, 3.8) is 0 Å². The molecule has 0 aromatic heterocycles.